The first-order valence-electron chi connectivity index (χ1n) is 9.99. The molecule has 2 aromatic carbocycles. The van der Waals surface area contributed by atoms with E-state index in [0.717, 1.165) is 0 Å². The number of carbonyl (C=O) groups is 3. The third-order valence-corrected chi connectivity index (χ3v) is 6.23. The molecule has 2 amide bonds. The minimum atomic E-state index is -0.693. The highest BCUT2D eigenvalue weighted by Crippen LogP contribution is 2.46. The summed E-state index contributed by atoms with van der Waals surface area (Å²) in [6.07, 6.45) is 0.304. The lowest BCUT2D eigenvalue weighted by Crippen LogP contribution is -2.48. The minimum Gasteiger partial charge on any atom is -0.484 e. The maximum absolute atomic E-state index is 12.8. The lowest BCUT2D eigenvalue weighted by molar-refractivity contribution is -0.384. The fourth-order valence-electron chi connectivity index (χ4n) is 3.27. The van der Waals surface area contributed by atoms with Crippen LogP contribution in [0.1, 0.15) is 12.0 Å². The van der Waals surface area contributed by atoms with Crippen molar-refractivity contribution in [3.63, 3.8) is 0 Å². The number of nitrogens with zero attached hydrogens (tertiary/aromatic N) is 2. The van der Waals surface area contributed by atoms with Gasteiger partial charge in [-0.05, 0) is 29.8 Å². The monoisotopic (exact) mass is 469 g/mol. The predicted octanol–water partition coefficient (Wildman–Crippen LogP) is 2.35. The van der Waals surface area contributed by atoms with Crippen LogP contribution in [0.5, 0.6) is 5.75 Å². The summed E-state index contributed by atoms with van der Waals surface area (Å²) in [5.41, 5.74) is 0.621. The fraction of sp³-hybridized carbons (Fsp3) is 0.227. The summed E-state index contributed by atoms with van der Waals surface area (Å²) in [5.74, 6) is -0.691. The van der Waals surface area contributed by atoms with Crippen LogP contribution in [0.4, 0.5) is 5.69 Å². The lowest BCUT2D eigenvalue weighted by atomic mass is 10.1. The Morgan fingerprint density at radius 1 is 1.15 bits per heavy atom. The number of nitrogens with one attached hydrogen (secondary N) is 1. The van der Waals surface area contributed by atoms with E-state index < -0.39 is 10.9 Å². The average Bonchev–Trinajstić information content (AvgIpc) is 3.12. The van der Waals surface area contributed by atoms with Crippen LogP contribution in [-0.4, -0.2) is 46.1 Å². The van der Waals surface area contributed by atoms with Gasteiger partial charge in [0.2, 0.25) is 5.91 Å². The maximum Gasteiger partial charge on any atom is 0.356 e. The van der Waals surface area contributed by atoms with Crippen LogP contribution in [0.25, 0.3) is 0 Å². The number of para-hydroxylation sites is 1. The predicted molar refractivity (Wildman–Crippen MR) is 118 cm³/mol. The van der Waals surface area contributed by atoms with Crippen molar-refractivity contribution in [2.75, 3.05) is 13.2 Å². The van der Waals surface area contributed by atoms with Crippen molar-refractivity contribution >= 4 is 35.2 Å². The second-order valence-corrected chi connectivity index (χ2v) is 8.46. The topological polar surface area (TPSA) is 128 Å². The Balaban J connectivity index is 1.36. The molecule has 10 nitrogen and oxygen atoms in total. The number of non-ortho nitro benzene ring substituents is 1. The SMILES string of the molecule is O=C(COc1ccccc1)NCC1=C(C(=O)OCc2ccc([N+](=O)[O-])cc2)N2C(=O)C[C@H]2S1. The Morgan fingerprint density at radius 3 is 2.55 bits per heavy atom. The number of hydrogen-bond donors (Lipinski definition) is 1. The van der Waals surface area contributed by atoms with Crippen LogP contribution < -0.4 is 10.1 Å². The van der Waals surface area contributed by atoms with Gasteiger partial charge in [-0.1, -0.05) is 18.2 Å². The smallest absolute Gasteiger partial charge is 0.356 e. The first-order chi connectivity index (χ1) is 15.9. The molecule has 33 heavy (non-hydrogen) atoms. The van der Waals surface area contributed by atoms with Crippen LogP contribution in [0.2, 0.25) is 0 Å². The number of benzene rings is 2. The highest BCUT2D eigenvalue weighted by molar-refractivity contribution is 8.04. The summed E-state index contributed by atoms with van der Waals surface area (Å²) in [7, 11) is 0. The van der Waals surface area contributed by atoms with Crippen LogP contribution in [-0.2, 0) is 25.7 Å². The van der Waals surface area contributed by atoms with Gasteiger partial charge < -0.3 is 14.8 Å². The molecule has 170 valence electrons. The van der Waals surface area contributed by atoms with E-state index in [0.29, 0.717) is 22.6 Å². The number of β-lactam (4-membered cyclic amide) rings is 1. The highest BCUT2D eigenvalue weighted by Gasteiger charge is 2.48. The third-order valence-electron chi connectivity index (χ3n) is 4.96. The number of amides is 2. The summed E-state index contributed by atoms with van der Waals surface area (Å²) in [6.45, 7) is -0.236. The van der Waals surface area contributed by atoms with Crippen molar-refractivity contribution in [1.29, 1.82) is 0 Å². The number of thioether (sulfide) groups is 1. The molecule has 1 saturated heterocycles. The molecule has 2 aliphatic rings. The molecular weight excluding hydrogens is 450 g/mol. The van der Waals surface area contributed by atoms with Crippen LogP contribution in [0.15, 0.2) is 65.2 Å². The van der Waals surface area contributed by atoms with Gasteiger partial charge in [0.25, 0.3) is 11.6 Å². The normalized spacial score (nSPS) is 16.7. The first kappa shape index (κ1) is 22.3. The maximum atomic E-state index is 12.8. The molecule has 0 aliphatic carbocycles. The van der Waals surface area contributed by atoms with Crippen molar-refractivity contribution in [1.82, 2.24) is 10.2 Å². The summed E-state index contributed by atoms with van der Waals surface area (Å²) in [6, 6.07) is 14.5. The number of nitro benzene ring substituents is 1. The summed E-state index contributed by atoms with van der Waals surface area (Å²) < 4.78 is 10.8. The van der Waals surface area contributed by atoms with E-state index >= 15 is 0 Å². The van der Waals surface area contributed by atoms with Crippen molar-refractivity contribution in [2.45, 2.75) is 18.4 Å². The van der Waals surface area contributed by atoms with Gasteiger partial charge in [0.1, 0.15) is 18.1 Å². The quantitative estimate of drug-likeness (QED) is 0.257. The van der Waals surface area contributed by atoms with Gasteiger partial charge in [0.15, 0.2) is 6.61 Å². The molecule has 4 rings (SSSR count). The fourth-order valence-corrected chi connectivity index (χ4v) is 4.60. The molecule has 0 unspecified atom stereocenters. The van der Waals surface area contributed by atoms with E-state index in [1.54, 1.807) is 24.3 Å². The number of esters is 1. The van der Waals surface area contributed by atoms with Crippen molar-refractivity contribution in [3.05, 3.63) is 80.9 Å². The number of rotatable bonds is 9. The Kier molecular flexibility index (Phi) is 6.59. The molecule has 0 saturated carbocycles. The number of carbonyl (C=O) groups excluding carboxylic acids is 3. The largest absolute Gasteiger partial charge is 0.484 e. The number of fused-ring (bicyclic) bond motifs is 1. The van der Waals surface area contributed by atoms with E-state index in [4.69, 9.17) is 9.47 Å². The Bertz CT molecular complexity index is 1120. The van der Waals surface area contributed by atoms with Crippen molar-refractivity contribution in [2.24, 2.45) is 0 Å². The molecule has 1 N–H and O–H groups in total. The van der Waals surface area contributed by atoms with Crippen LogP contribution in [0.3, 0.4) is 0 Å². The molecule has 0 radical (unpaired) electrons. The molecular formula is C22H19N3O7S. The van der Waals surface area contributed by atoms with Gasteiger partial charge in [0, 0.05) is 17.0 Å². The average molecular weight is 469 g/mol. The second kappa shape index (κ2) is 9.74. The Hall–Kier alpha value is -3.86. The molecule has 2 heterocycles. The van der Waals surface area contributed by atoms with Gasteiger partial charge >= 0.3 is 5.97 Å². The van der Waals surface area contributed by atoms with Crippen LogP contribution in [0, 0.1) is 10.1 Å². The molecule has 0 aromatic heterocycles. The Labute approximate surface area is 192 Å². The standard InChI is InChI=1S/C22H19N3O7S/c26-18(13-31-16-4-2-1-3-5-16)23-11-17-21(24-19(27)10-20(24)33-17)22(28)32-12-14-6-8-15(9-7-14)25(29)30/h1-9,20H,10-13H2,(H,23,26)/t20-/m1/s1. The first-order valence-corrected chi connectivity index (χ1v) is 10.9. The van der Waals surface area contributed by atoms with Gasteiger partial charge in [0.05, 0.1) is 23.3 Å². The van der Waals surface area contributed by atoms with Crippen molar-refractivity contribution < 1.29 is 28.8 Å². The number of nitro groups is 1. The molecule has 0 bridgehead atoms. The molecule has 2 aromatic rings. The van der Waals surface area contributed by atoms with Gasteiger partial charge in [-0.2, -0.15) is 0 Å². The summed E-state index contributed by atoms with van der Waals surface area (Å²) in [5, 5.41) is 13.3. The van der Waals surface area contributed by atoms with Gasteiger partial charge in [-0.25, -0.2) is 4.79 Å². The Morgan fingerprint density at radius 2 is 1.88 bits per heavy atom. The zero-order valence-electron chi connectivity index (χ0n) is 17.3. The van der Waals surface area contributed by atoms with Crippen LogP contribution >= 0.6 is 11.8 Å². The van der Waals surface area contributed by atoms with Gasteiger partial charge in [-0.15, -0.1) is 11.8 Å². The van der Waals surface area contributed by atoms with Crippen molar-refractivity contribution in [3.8, 4) is 5.75 Å². The minimum absolute atomic E-state index is 0.0594. The van der Waals surface area contributed by atoms with E-state index in [2.05, 4.69) is 5.32 Å². The third kappa shape index (κ3) is 5.14. The molecule has 2 aliphatic heterocycles. The van der Waals surface area contributed by atoms with E-state index in [1.807, 2.05) is 6.07 Å². The molecule has 1 fully saturated rings. The summed E-state index contributed by atoms with van der Waals surface area (Å²) >= 11 is 1.34. The molecule has 11 heteroatoms. The molecule has 1 atom stereocenters. The zero-order chi connectivity index (χ0) is 23.4. The summed E-state index contributed by atoms with van der Waals surface area (Å²) in [4.78, 5) is 49.1. The lowest BCUT2D eigenvalue weighted by Gasteiger charge is -2.34. The number of hydrogen-bond acceptors (Lipinski definition) is 8. The molecule has 0 spiro atoms. The van der Waals surface area contributed by atoms with E-state index in [-0.39, 0.29) is 48.3 Å². The highest BCUT2D eigenvalue weighted by atomic mass is 32.2. The van der Waals surface area contributed by atoms with E-state index in [1.165, 1.54) is 40.9 Å². The second-order valence-electron chi connectivity index (χ2n) is 7.19. The zero-order valence-corrected chi connectivity index (χ0v) is 18.1. The van der Waals surface area contributed by atoms with Gasteiger partial charge in [-0.3, -0.25) is 24.6 Å². The number of ether oxygens (including phenoxy) is 2. The van der Waals surface area contributed by atoms with E-state index in [9.17, 15) is 24.5 Å².